The first-order chi connectivity index (χ1) is 13.3. The van der Waals surface area contributed by atoms with Crippen molar-refractivity contribution >= 4 is 17.0 Å². The van der Waals surface area contributed by atoms with Crippen LogP contribution >= 0.6 is 11.3 Å². The van der Waals surface area contributed by atoms with Gasteiger partial charge in [0, 0.05) is 23.1 Å². The highest BCUT2D eigenvalue weighted by molar-refractivity contribution is 7.07. The van der Waals surface area contributed by atoms with Crippen LogP contribution in [0.25, 0.3) is 0 Å². The molecular formula is C21H18N2O3S. The van der Waals surface area contributed by atoms with Crippen molar-refractivity contribution in [3.05, 3.63) is 76.0 Å². The molecule has 2 aromatic carbocycles. The van der Waals surface area contributed by atoms with E-state index in [0.29, 0.717) is 6.42 Å². The Kier molecular flexibility index (Phi) is 3.79. The van der Waals surface area contributed by atoms with Gasteiger partial charge in [-0.2, -0.15) is 16.4 Å². The molecule has 5 rings (SSSR count). The van der Waals surface area contributed by atoms with Crippen LogP contribution in [-0.4, -0.2) is 22.9 Å². The number of ether oxygens (including phenoxy) is 2. The minimum absolute atomic E-state index is 0.0309. The van der Waals surface area contributed by atoms with Gasteiger partial charge in [-0.15, -0.1) is 0 Å². The van der Waals surface area contributed by atoms with Crippen molar-refractivity contribution in [2.24, 2.45) is 5.10 Å². The summed E-state index contributed by atoms with van der Waals surface area (Å²) in [6.07, 6.45) is 0.371. The number of benzene rings is 2. The molecule has 3 aromatic rings. The molecule has 0 saturated heterocycles. The normalized spacial score (nSPS) is 20.5. The van der Waals surface area contributed by atoms with Crippen molar-refractivity contribution in [1.29, 1.82) is 0 Å². The summed E-state index contributed by atoms with van der Waals surface area (Å²) in [5.41, 5.74) is 3.73. The van der Waals surface area contributed by atoms with Gasteiger partial charge < -0.3 is 14.6 Å². The molecule has 2 aliphatic rings. The first-order valence-corrected chi connectivity index (χ1v) is 9.70. The number of fused-ring (bicyclic) bond motifs is 3. The average Bonchev–Trinajstić information content (AvgIpc) is 3.37. The second-order valence-corrected chi connectivity index (χ2v) is 7.35. The number of rotatable bonds is 3. The third kappa shape index (κ3) is 2.56. The molecular weight excluding hydrogens is 360 g/mol. The summed E-state index contributed by atoms with van der Waals surface area (Å²) in [5, 5.41) is 21.3. The number of hydrazone groups is 1. The predicted octanol–water partition coefficient (Wildman–Crippen LogP) is 4.70. The van der Waals surface area contributed by atoms with E-state index in [2.05, 4.69) is 17.5 Å². The van der Waals surface area contributed by atoms with Gasteiger partial charge in [-0.25, -0.2) is 5.01 Å². The number of nitrogens with zero attached hydrogens (tertiary/aromatic N) is 2. The summed E-state index contributed by atoms with van der Waals surface area (Å²) in [6.45, 7) is 0. The predicted molar refractivity (Wildman–Crippen MR) is 105 cm³/mol. The topological polar surface area (TPSA) is 54.3 Å². The molecule has 0 radical (unpaired) electrons. The van der Waals surface area contributed by atoms with Gasteiger partial charge in [-0.1, -0.05) is 24.3 Å². The molecule has 6 heteroatoms. The van der Waals surface area contributed by atoms with Gasteiger partial charge in [0.1, 0.15) is 5.75 Å². The van der Waals surface area contributed by atoms with E-state index >= 15 is 0 Å². The molecule has 2 unspecified atom stereocenters. The van der Waals surface area contributed by atoms with Crippen LogP contribution in [0.2, 0.25) is 0 Å². The molecule has 27 heavy (non-hydrogen) atoms. The van der Waals surface area contributed by atoms with Crippen molar-refractivity contribution in [3.63, 3.8) is 0 Å². The molecule has 1 N–H and O–H groups in total. The Bertz CT molecular complexity index is 1020. The smallest absolute Gasteiger partial charge is 0.214 e. The van der Waals surface area contributed by atoms with E-state index in [1.54, 1.807) is 24.5 Å². The fourth-order valence-corrected chi connectivity index (χ4v) is 4.43. The number of hydrogen-bond donors (Lipinski definition) is 1. The largest absolute Gasteiger partial charge is 0.507 e. The van der Waals surface area contributed by atoms with E-state index in [0.717, 1.165) is 33.9 Å². The van der Waals surface area contributed by atoms with E-state index < -0.39 is 0 Å². The number of para-hydroxylation sites is 2. The summed E-state index contributed by atoms with van der Waals surface area (Å²) < 4.78 is 11.9. The van der Waals surface area contributed by atoms with E-state index in [1.165, 1.54) is 0 Å². The van der Waals surface area contributed by atoms with Crippen LogP contribution in [0, 0.1) is 0 Å². The Morgan fingerprint density at radius 2 is 2.07 bits per heavy atom. The summed E-state index contributed by atoms with van der Waals surface area (Å²) in [4.78, 5) is 0. The van der Waals surface area contributed by atoms with Gasteiger partial charge in [-0.3, -0.25) is 0 Å². The third-order valence-electron chi connectivity index (χ3n) is 5.04. The van der Waals surface area contributed by atoms with Gasteiger partial charge in [0.25, 0.3) is 0 Å². The fraction of sp³-hybridized carbons (Fsp3) is 0.190. The van der Waals surface area contributed by atoms with Crippen molar-refractivity contribution in [1.82, 2.24) is 5.01 Å². The number of phenols is 1. The Morgan fingerprint density at radius 3 is 2.85 bits per heavy atom. The SMILES string of the molecule is COc1cccc2c1OC(c1ccsc1)N1N=C(c3ccccc3O)CC21. The summed E-state index contributed by atoms with van der Waals surface area (Å²) in [6, 6.07) is 15.4. The monoisotopic (exact) mass is 378 g/mol. The molecule has 0 spiro atoms. The maximum atomic E-state index is 10.3. The second-order valence-electron chi connectivity index (χ2n) is 6.57. The Hall–Kier alpha value is -2.99. The number of methoxy groups -OCH3 is 1. The molecule has 0 saturated carbocycles. The lowest BCUT2D eigenvalue weighted by molar-refractivity contribution is -0.0206. The molecule has 0 fully saturated rings. The number of hydrogen-bond acceptors (Lipinski definition) is 6. The number of phenolic OH excluding ortho intramolecular Hbond substituents is 1. The molecule has 2 aliphatic heterocycles. The van der Waals surface area contributed by atoms with Crippen molar-refractivity contribution in [3.8, 4) is 17.2 Å². The van der Waals surface area contributed by atoms with Gasteiger partial charge in [0.05, 0.1) is 18.9 Å². The maximum Gasteiger partial charge on any atom is 0.214 e. The molecule has 0 aliphatic carbocycles. The molecule has 2 atom stereocenters. The van der Waals surface area contributed by atoms with E-state index in [9.17, 15) is 5.11 Å². The van der Waals surface area contributed by atoms with Crippen LogP contribution < -0.4 is 9.47 Å². The number of thiophene rings is 1. The van der Waals surface area contributed by atoms with Crippen LogP contribution in [0.4, 0.5) is 0 Å². The quantitative estimate of drug-likeness (QED) is 0.717. The standard InChI is InChI=1S/C21H18N2O3S/c1-25-19-8-4-6-15-17-11-16(14-5-2-3-7-18(14)24)22-23(17)21(26-20(15)19)13-9-10-27-12-13/h2-10,12,17,21,24H,11H2,1H3. The Balaban J connectivity index is 1.63. The number of aromatic hydroxyl groups is 1. The van der Waals surface area contributed by atoms with Crippen LogP contribution in [0.15, 0.2) is 64.4 Å². The van der Waals surface area contributed by atoms with Gasteiger partial charge in [0.15, 0.2) is 11.5 Å². The Morgan fingerprint density at radius 1 is 1.19 bits per heavy atom. The van der Waals surface area contributed by atoms with Crippen LogP contribution in [0.1, 0.15) is 35.4 Å². The third-order valence-corrected chi connectivity index (χ3v) is 5.74. The molecule has 3 heterocycles. The highest BCUT2D eigenvalue weighted by Crippen LogP contribution is 2.51. The van der Waals surface area contributed by atoms with Gasteiger partial charge in [0.2, 0.25) is 6.23 Å². The lowest BCUT2D eigenvalue weighted by atomic mass is 9.95. The zero-order chi connectivity index (χ0) is 18.4. The van der Waals surface area contributed by atoms with Crippen LogP contribution in [0.3, 0.4) is 0 Å². The van der Waals surface area contributed by atoms with Crippen molar-refractivity contribution < 1.29 is 14.6 Å². The first kappa shape index (κ1) is 16.2. The van der Waals surface area contributed by atoms with Crippen LogP contribution in [-0.2, 0) is 0 Å². The van der Waals surface area contributed by atoms with E-state index in [-0.39, 0.29) is 18.0 Å². The molecule has 0 bridgehead atoms. The van der Waals surface area contributed by atoms with Gasteiger partial charge >= 0.3 is 0 Å². The fourth-order valence-electron chi connectivity index (χ4n) is 3.76. The minimum Gasteiger partial charge on any atom is -0.507 e. The van der Waals surface area contributed by atoms with Crippen molar-refractivity contribution in [2.75, 3.05) is 7.11 Å². The first-order valence-electron chi connectivity index (χ1n) is 8.76. The summed E-state index contributed by atoms with van der Waals surface area (Å²) in [5.74, 6) is 1.74. The molecule has 0 amide bonds. The summed E-state index contributed by atoms with van der Waals surface area (Å²) in [7, 11) is 1.66. The highest BCUT2D eigenvalue weighted by atomic mass is 32.1. The molecule has 136 valence electrons. The Labute approximate surface area is 161 Å². The molecule has 1 aromatic heterocycles. The van der Waals surface area contributed by atoms with Gasteiger partial charge in [-0.05, 0) is 35.0 Å². The van der Waals surface area contributed by atoms with Crippen LogP contribution in [0.5, 0.6) is 17.2 Å². The zero-order valence-corrected chi connectivity index (χ0v) is 15.5. The lowest BCUT2D eigenvalue weighted by Gasteiger charge is -2.38. The zero-order valence-electron chi connectivity index (χ0n) is 14.7. The molecule has 5 nitrogen and oxygen atoms in total. The van der Waals surface area contributed by atoms with E-state index in [4.69, 9.17) is 14.6 Å². The second kappa shape index (κ2) is 6.32. The maximum absolute atomic E-state index is 10.3. The van der Waals surface area contributed by atoms with E-state index in [1.807, 2.05) is 40.7 Å². The lowest BCUT2D eigenvalue weighted by Crippen LogP contribution is -2.33. The average molecular weight is 378 g/mol. The summed E-state index contributed by atoms with van der Waals surface area (Å²) >= 11 is 1.63. The van der Waals surface area contributed by atoms with Crippen molar-refractivity contribution in [2.45, 2.75) is 18.7 Å². The minimum atomic E-state index is -0.326. The highest BCUT2D eigenvalue weighted by Gasteiger charge is 2.42.